The summed E-state index contributed by atoms with van der Waals surface area (Å²) in [6, 6.07) is 3.36. The van der Waals surface area contributed by atoms with Gasteiger partial charge in [-0.05, 0) is 19.1 Å². The van der Waals surface area contributed by atoms with Gasteiger partial charge in [-0.15, -0.1) is 0 Å². The van der Waals surface area contributed by atoms with Gasteiger partial charge in [-0.25, -0.2) is 19.7 Å². The minimum Gasteiger partial charge on any atom is -0.463 e. The molecule has 1 N–H and O–H groups in total. The lowest BCUT2D eigenvalue weighted by molar-refractivity contribution is 0.0563. The molecule has 0 bridgehead atoms. The predicted molar refractivity (Wildman–Crippen MR) is 76.0 cm³/mol. The summed E-state index contributed by atoms with van der Waals surface area (Å²) in [5, 5.41) is 0.755. The van der Waals surface area contributed by atoms with E-state index in [0.717, 1.165) is 10.5 Å². The van der Waals surface area contributed by atoms with E-state index >= 15 is 0 Å². The highest BCUT2D eigenvalue weighted by molar-refractivity contribution is 7.99. The molecule has 3 aromatic rings. The SMILES string of the molecule is COC(=O)c1ccc(C(C)Sc2ncnc3nc[nH]c23)o1. The van der Waals surface area contributed by atoms with E-state index in [9.17, 15) is 4.79 Å². The van der Waals surface area contributed by atoms with Crippen LogP contribution in [0.3, 0.4) is 0 Å². The number of H-pyrrole nitrogens is 1. The molecule has 0 spiro atoms. The maximum atomic E-state index is 11.4. The first-order valence-corrected chi connectivity index (χ1v) is 7.06. The Labute approximate surface area is 124 Å². The first kappa shape index (κ1) is 13.6. The fourth-order valence-electron chi connectivity index (χ4n) is 1.84. The number of nitrogens with one attached hydrogen (secondary N) is 1. The molecule has 0 radical (unpaired) electrons. The molecule has 0 aliphatic carbocycles. The summed E-state index contributed by atoms with van der Waals surface area (Å²) in [6.45, 7) is 1.97. The van der Waals surface area contributed by atoms with Gasteiger partial charge in [0.05, 0.1) is 18.7 Å². The zero-order chi connectivity index (χ0) is 14.8. The Balaban J connectivity index is 1.83. The number of carbonyl (C=O) groups excluding carboxylic acids is 1. The van der Waals surface area contributed by atoms with E-state index in [-0.39, 0.29) is 11.0 Å². The van der Waals surface area contributed by atoms with Crippen LogP contribution in [0.1, 0.15) is 28.5 Å². The number of imidazole rings is 1. The molecule has 0 amide bonds. The molecule has 3 heterocycles. The Morgan fingerprint density at radius 2 is 2.24 bits per heavy atom. The lowest BCUT2D eigenvalue weighted by atomic mass is 10.3. The van der Waals surface area contributed by atoms with Crippen LogP contribution in [0.15, 0.2) is 34.2 Å². The smallest absolute Gasteiger partial charge is 0.373 e. The third-order valence-corrected chi connectivity index (χ3v) is 4.01. The van der Waals surface area contributed by atoms with Gasteiger partial charge < -0.3 is 14.1 Å². The molecule has 108 valence electrons. The number of methoxy groups -OCH3 is 1. The van der Waals surface area contributed by atoms with Crippen molar-refractivity contribution in [3.63, 3.8) is 0 Å². The minimum atomic E-state index is -0.489. The number of rotatable bonds is 4. The highest BCUT2D eigenvalue weighted by atomic mass is 32.2. The van der Waals surface area contributed by atoms with Crippen LogP contribution in [0, 0.1) is 0 Å². The number of carbonyl (C=O) groups is 1. The minimum absolute atomic E-state index is 0.0233. The monoisotopic (exact) mass is 304 g/mol. The molecule has 1 unspecified atom stereocenters. The molecule has 3 rings (SSSR count). The molecule has 0 aliphatic rings. The standard InChI is InChI=1S/C13H12N4O3S/c1-7(8-3-4-9(20-8)13(18)19-2)21-12-10-11(15-5-14-10)16-6-17-12/h3-7H,1-2H3,(H,14,15,16,17). The second-order valence-electron chi connectivity index (χ2n) is 4.23. The number of aromatic amines is 1. The largest absolute Gasteiger partial charge is 0.463 e. The van der Waals surface area contributed by atoms with Crippen molar-refractivity contribution in [1.29, 1.82) is 0 Å². The average molecular weight is 304 g/mol. The van der Waals surface area contributed by atoms with Crippen molar-refractivity contribution in [2.45, 2.75) is 17.2 Å². The normalized spacial score (nSPS) is 12.5. The summed E-state index contributed by atoms with van der Waals surface area (Å²) < 4.78 is 10.1. The summed E-state index contributed by atoms with van der Waals surface area (Å²) in [4.78, 5) is 26.8. The highest BCUT2D eigenvalue weighted by Gasteiger charge is 2.18. The number of ether oxygens (including phenoxy) is 1. The fourth-order valence-corrected chi connectivity index (χ4v) is 2.79. The molecule has 0 aliphatic heterocycles. The van der Waals surface area contributed by atoms with Crippen LogP contribution >= 0.6 is 11.8 Å². The van der Waals surface area contributed by atoms with Gasteiger partial charge in [0.2, 0.25) is 5.76 Å². The van der Waals surface area contributed by atoms with E-state index in [1.807, 2.05) is 6.92 Å². The van der Waals surface area contributed by atoms with Crippen molar-refractivity contribution < 1.29 is 13.9 Å². The van der Waals surface area contributed by atoms with Crippen molar-refractivity contribution in [2.24, 2.45) is 0 Å². The van der Waals surface area contributed by atoms with Crippen LogP contribution in [0.2, 0.25) is 0 Å². The number of nitrogens with zero attached hydrogens (tertiary/aromatic N) is 3. The number of furan rings is 1. The number of hydrogen-bond acceptors (Lipinski definition) is 7. The number of hydrogen-bond donors (Lipinski definition) is 1. The Hall–Kier alpha value is -2.35. The number of esters is 1. The van der Waals surface area contributed by atoms with Gasteiger partial charge in [0, 0.05) is 0 Å². The summed E-state index contributed by atoms with van der Waals surface area (Å²) in [5.74, 6) is 0.373. The number of thioether (sulfide) groups is 1. The summed E-state index contributed by atoms with van der Waals surface area (Å²) in [5.41, 5.74) is 1.41. The van der Waals surface area contributed by atoms with Gasteiger partial charge in [0.1, 0.15) is 22.6 Å². The van der Waals surface area contributed by atoms with E-state index in [0.29, 0.717) is 11.4 Å². The van der Waals surface area contributed by atoms with Crippen LogP contribution in [-0.4, -0.2) is 33.0 Å². The van der Waals surface area contributed by atoms with Crippen molar-refractivity contribution in [2.75, 3.05) is 7.11 Å². The zero-order valence-electron chi connectivity index (χ0n) is 11.4. The summed E-state index contributed by atoms with van der Waals surface area (Å²) in [7, 11) is 1.32. The maximum absolute atomic E-state index is 11.4. The molecular weight excluding hydrogens is 292 g/mol. The van der Waals surface area contributed by atoms with Crippen molar-refractivity contribution in [3.05, 3.63) is 36.3 Å². The third kappa shape index (κ3) is 2.62. The van der Waals surface area contributed by atoms with E-state index in [4.69, 9.17) is 4.42 Å². The molecule has 8 heteroatoms. The van der Waals surface area contributed by atoms with Crippen LogP contribution in [0.25, 0.3) is 11.2 Å². The van der Waals surface area contributed by atoms with Crippen LogP contribution in [0.4, 0.5) is 0 Å². The predicted octanol–water partition coefficient (Wildman–Crippen LogP) is 2.59. The second-order valence-corrected chi connectivity index (χ2v) is 5.56. The molecule has 0 aromatic carbocycles. The Kier molecular flexibility index (Phi) is 3.61. The van der Waals surface area contributed by atoms with Gasteiger partial charge in [0.15, 0.2) is 5.65 Å². The molecule has 0 saturated heterocycles. The first-order chi connectivity index (χ1) is 10.2. The Morgan fingerprint density at radius 1 is 1.38 bits per heavy atom. The van der Waals surface area contributed by atoms with E-state index in [1.54, 1.807) is 18.5 Å². The van der Waals surface area contributed by atoms with E-state index in [1.165, 1.54) is 25.2 Å². The average Bonchev–Trinajstić information content (AvgIpc) is 3.15. The van der Waals surface area contributed by atoms with E-state index in [2.05, 4.69) is 24.7 Å². The molecule has 1 atom stereocenters. The number of aromatic nitrogens is 4. The van der Waals surface area contributed by atoms with Crippen molar-refractivity contribution >= 4 is 28.9 Å². The summed E-state index contributed by atoms with van der Waals surface area (Å²) in [6.07, 6.45) is 3.05. The molecule has 3 aromatic heterocycles. The molecule has 21 heavy (non-hydrogen) atoms. The van der Waals surface area contributed by atoms with Crippen LogP contribution < -0.4 is 0 Å². The number of fused-ring (bicyclic) bond motifs is 1. The van der Waals surface area contributed by atoms with Gasteiger partial charge in [0.25, 0.3) is 0 Å². The van der Waals surface area contributed by atoms with Gasteiger partial charge in [-0.2, -0.15) is 0 Å². The molecule has 0 fully saturated rings. The van der Waals surface area contributed by atoms with Gasteiger partial charge >= 0.3 is 5.97 Å². The zero-order valence-corrected chi connectivity index (χ0v) is 12.2. The third-order valence-electron chi connectivity index (χ3n) is 2.89. The lowest BCUT2D eigenvalue weighted by Crippen LogP contribution is -1.98. The quantitative estimate of drug-likeness (QED) is 0.449. The summed E-state index contributed by atoms with van der Waals surface area (Å²) >= 11 is 1.50. The van der Waals surface area contributed by atoms with E-state index < -0.39 is 5.97 Å². The van der Waals surface area contributed by atoms with Gasteiger partial charge in [-0.1, -0.05) is 11.8 Å². The first-order valence-electron chi connectivity index (χ1n) is 6.18. The second kappa shape index (κ2) is 5.57. The Morgan fingerprint density at radius 3 is 3.05 bits per heavy atom. The lowest BCUT2D eigenvalue weighted by Gasteiger charge is -2.07. The Bertz CT molecular complexity index is 782. The molecule has 7 nitrogen and oxygen atoms in total. The van der Waals surface area contributed by atoms with Crippen LogP contribution in [-0.2, 0) is 4.74 Å². The van der Waals surface area contributed by atoms with Gasteiger partial charge in [-0.3, -0.25) is 0 Å². The topological polar surface area (TPSA) is 93.9 Å². The molecule has 0 saturated carbocycles. The molecular formula is C13H12N4O3S. The van der Waals surface area contributed by atoms with Crippen LogP contribution in [0.5, 0.6) is 0 Å². The van der Waals surface area contributed by atoms with Crippen molar-refractivity contribution in [1.82, 2.24) is 19.9 Å². The van der Waals surface area contributed by atoms with Crippen molar-refractivity contribution in [3.8, 4) is 0 Å². The fraction of sp³-hybridized carbons (Fsp3) is 0.231. The highest BCUT2D eigenvalue weighted by Crippen LogP contribution is 2.36. The maximum Gasteiger partial charge on any atom is 0.373 e.